The van der Waals surface area contributed by atoms with Crippen LogP contribution >= 0.6 is 11.6 Å². The quantitative estimate of drug-likeness (QED) is 0.661. The van der Waals surface area contributed by atoms with Gasteiger partial charge in [0.1, 0.15) is 11.4 Å². The first-order chi connectivity index (χ1) is 5.69. The molecule has 0 fully saturated rings. The lowest BCUT2D eigenvalue weighted by Gasteiger charge is -1.98. The van der Waals surface area contributed by atoms with Gasteiger partial charge in [-0.3, -0.25) is 0 Å². The summed E-state index contributed by atoms with van der Waals surface area (Å²) in [7, 11) is 0. The maximum absolute atomic E-state index is 10.2. The smallest absolute Gasteiger partial charge is 0.127 e. The first-order valence-corrected chi connectivity index (χ1v) is 3.53. The van der Waals surface area contributed by atoms with Gasteiger partial charge in [-0.25, -0.2) is 0 Å². The molecule has 4 nitrogen and oxygen atoms in total. The Labute approximate surface area is 73.5 Å². The molecule has 0 atom stereocenters. The largest absolute Gasteiger partial charge is 0.145 e. The minimum absolute atomic E-state index is 0.126. The monoisotopic (exact) mass is 184 g/mol. The van der Waals surface area contributed by atoms with Gasteiger partial charge in [0, 0.05) is 0 Å². The van der Waals surface area contributed by atoms with E-state index in [0.29, 0.717) is 5.56 Å². The average Bonchev–Trinajstić information content (AvgIpc) is 2.08. The Morgan fingerprint density at radius 1 is 1.17 bits per heavy atom. The Kier molecular flexibility index (Phi) is 2.50. The Hall–Kier alpha value is -1.29. The van der Waals surface area contributed by atoms with Crippen molar-refractivity contribution in [1.82, 2.24) is 0 Å². The summed E-state index contributed by atoms with van der Waals surface area (Å²) >= 11 is 5.59. The van der Waals surface area contributed by atoms with E-state index in [1.807, 2.05) is 0 Å². The van der Waals surface area contributed by atoms with E-state index < -0.39 is 0 Å². The van der Waals surface area contributed by atoms with Crippen molar-refractivity contribution in [2.24, 2.45) is 10.4 Å². The number of rotatable bonds is 2. The van der Waals surface area contributed by atoms with Gasteiger partial charge in [-0.2, -0.15) is 0 Å². The zero-order valence-corrected chi connectivity index (χ0v) is 7.00. The van der Waals surface area contributed by atoms with Gasteiger partial charge in [-0.15, -0.1) is 9.81 Å². The van der Waals surface area contributed by atoms with Crippen molar-refractivity contribution in [3.05, 3.63) is 32.5 Å². The highest BCUT2D eigenvalue weighted by Crippen LogP contribution is 2.31. The van der Waals surface area contributed by atoms with Crippen molar-refractivity contribution in [2.75, 3.05) is 0 Å². The molecular formula is C7H5ClN2O2. The summed E-state index contributed by atoms with van der Waals surface area (Å²) in [6.07, 6.45) is 0. The predicted octanol–water partition coefficient (Wildman–Crippen LogP) is 3.44. The molecule has 1 aromatic rings. The number of aryl methyl sites for hydroxylation is 1. The molecule has 1 rings (SSSR count). The zero-order valence-electron chi connectivity index (χ0n) is 6.24. The molecule has 0 aromatic heterocycles. The lowest BCUT2D eigenvalue weighted by Crippen LogP contribution is -1.74. The third-order valence-corrected chi connectivity index (χ3v) is 1.76. The molecule has 5 heteroatoms. The normalized spacial score (nSPS) is 9.50. The highest BCUT2D eigenvalue weighted by atomic mass is 35.5. The number of halogens is 1. The molecule has 0 unspecified atom stereocenters. The lowest BCUT2D eigenvalue weighted by molar-refractivity contribution is 1.36. The van der Waals surface area contributed by atoms with Crippen LogP contribution < -0.4 is 0 Å². The summed E-state index contributed by atoms with van der Waals surface area (Å²) < 4.78 is 0. The molecule has 0 saturated carbocycles. The summed E-state index contributed by atoms with van der Waals surface area (Å²) in [6.45, 7) is 1.65. The summed E-state index contributed by atoms with van der Waals surface area (Å²) in [5.74, 6) is 0. The molecule has 0 amide bonds. The van der Waals surface area contributed by atoms with Crippen LogP contribution in [0.2, 0.25) is 5.02 Å². The van der Waals surface area contributed by atoms with Crippen molar-refractivity contribution in [2.45, 2.75) is 6.92 Å². The summed E-state index contributed by atoms with van der Waals surface area (Å²) in [5, 5.41) is 5.55. The van der Waals surface area contributed by atoms with Crippen LogP contribution in [0.25, 0.3) is 0 Å². The van der Waals surface area contributed by atoms with Crippen molar-refractivity contribution in [1.29, 1.82) is 0 Å². The highest BCUT2D eigenvalue weighted by molar-refractivity contribution is 6.33. The Morgan fingerprint density at radius 2 is 1.75 bits per heavy atom. The third kappa shape index (κ3) is 1.48. The van der Waals surface area contributed by atoms with Crippen LogP contribution in [-0.4, -0.2) is 0 Å². The fraction of sp³-hybridized carbons (Fsp3) is 0.143. The van der Waals surface area contributed by atoms with E-state index in [2.05, 4.69) is 10.4 Å². The van der Waals surface area contributed by atoms with Crippen LogP contribution in [0.5, 0.6) is 0 Å². The number of nitrogens with zero attached hydrogens (tertiary/aromatic N) is 2. The number of benzene rings is 1. The highest BCUT2D eigenvalue weighted by Gasteiger charge is 2.05. The summed E-state index contributed by atoms with van der Waals surface area (Å²) in [4.78, 5) is 20.3. The van der Waals surface area contributed by atoms with Crippen LogP contribution in [0.15, 0.2) is 22.5 Å². The fourth-order valence-corrected chi connectivity index (χ4v) is 1.02. The molecule has 0 aliphatic rings. The standard InChI is InChI=1S/C7H5ClN2O2/c1-4-2-7(10-12)5(8)3-6(4)9-11/h2-3H,1H3. The molecule has 0 saturated heterocycles. The average molecular weight is 185 g/mol. The summed E-state index contributed by atoms with van der Waals surface area (Å²) in [5.41, 5.74) is 0.943. The van der Waals surface area contributed by atoms with E-state index in [1.54, 1.807) is 6.92 Å². The van der Waals surface area contributed by atoms with Crippen LogP contribution in [0.3, 0.4) is 0 Å². The van der Waals surface area contributed by atoms with Crippen molar-refractivity contribution in [3.8, 4) is 0 Å². The topological polar surface area (TPSA) is 58.9 Å². The second-order valence-corrected chi connectivity index (χ2v) is 2.68. The Bertz CT molecular complexity index is 305. The van der Waals surface area contributed by atoms with Crippen molar-refractivity contribution in [3.63, 3.8) is 0 Å². The Balaban J connectivity index is 3.34. The van der Waals surface area contributed by atoms with Crippen molar-refractivity contribution >= 4 is 23.0 Å². The molecule has 0 aliphatic heterocycles. The second-order valence-electron chi connectivity index (χ2n) is 2.27. The molecule has 0 N–H and O–H groups in total. The number of hydrogen-bond acceptors (Lipinski definition) is 4. The SMILES string of the molecule is Cc1cc(N=O)c(Cl)cc1N=O. The third-order valence-electron chi connectivity index (χ3n) is 1.46. The van der Waals surface area contributed by atoms with Gasteiger partial charge in [-0.1, -0.05) is 11.6 Å². The van der Waals surface area contributed by atoms with E-state index in [-0.39, 0.29) is 16.4 Å². The number of hydrogen-bond donors (Lipinski definition) is 0. The van der Waals surface area contributed by atoms with Gasteiger partial charge >= 0.3 is 0 Å². The molecule has 62 valence electrons. The predicted molar refractivity (Wildman–Crippen MR) is 47.1 cm³/mol. The molecule has 12 heavy (non-hydrogen) atoms. The zero-order chi connectivity index (χ0) is 9.14. The van der Waals surface area contributed by atoms with Gasteiger partial charge in [0.15, 0.2) is 0 Å². The maximum atomic E-state index is 10.2. The second kappa shape index (κ2) is 3.40. The molecular weight excluding hydrogens is 180 g/mol. The molecule has 0 heterocycles. The molecule has 1 aromatic carbocycles. The van der Waals surface area contributed by atoms with E-state index in [1.165, 1.54) is 12.1 Å². The summed E-state index contributed by atoms with van der Waals surface area (Å²) in [6, 6.07) is 2.74. The van der Waals surface area contributed by atoms with Crippen LogP contribution in [0.1, 0.15) is 5.56 Å². The molecule has 0 aliphatic carbocycles. The van der Waals surface area contributed by atoms with Crippen LogP contribution in [-0.2, 0) is 0 Å². The fourth-order valence-electron chi connectivity index (χ4n) is 0.824. The molecule has 0 radical (unpaired) electrons. The van der Waals surface area contributed by atoms with Crippen molar-refractivity contribution < 1.29 is 0 Å². The molecule has 0 spiro atoms. The number of nitroso groups, excluding NO2 is 2. The minimum atomic E-state index is 0.126. The minimum Gasteiger partial charge on any atom is -0.145 e. The van der Waals surface area contributed by atoms with E-state index in [9.17, 15) is 9.81 Å². The van der Waals surface area contributed by atoms with E-state index in [0.717, 1.165) is 0 Å². The van der Waals surface area contributed by atoms with Gasteiger partial charge in [0.2, 0.25) is 0 Å². The van der Waals surface area contributed by atoms with Gasteiger partial charge in [0.05, 0.1) is 5.02 Å². The lowest BCUT2D eigenvalue weighted by atomic mass is 10.2. The Morgan fingerprint density at radius 3 is 2.25 bits per heavy atom. The maximum Gasteiger partial charge on any atom is 0.127 e. The first-order valence-electron chi connectivity index (χ1n) is 3.16. The van der Waals surface area contributed by atoms with Crippen LogP contribution in [0, 0.1) is 16.7 Å². The first kappa shape index (κ1) is 8.80. The van der Waals surface area contributed by atoms with Gasteiger partial charge in [0.25, 0.3) is 0 Å². The van der Waals surface area contributed by atoms with Gasteiger partial charge in [-0.05, 0) is 35.0 Å². The van der Waals surface area contributed by atoms with Crippen LogP contribution in [0.4, 0.5) is 11.4 Å². The van der Waals surface area contributed by atoms with E-state index in [4.69, 9.17) is 11.6 Å². The van der Waals surface area contributed by atoms with E-state index >= 15 is 0 Å². The molecule has 0 bridgehead atoms. The van der Waals surface area contributed by atoms with Gasteiger partial charge < -0.3 is 0 Å².